The summed E-state index contributed by atoms with van der Waals surface area (Å²) in [6.07, 6.45) is 1.62. The molecule has 2 saturated heterocycles. The predicted molar refractivity (Wildman–Crippen MR) is 202 cm³/mol. The number of aryl methyl sites for hydroxylation is 1. The summed E-state index contributed by atoms with van der Waals surface area (Å²) in [5, 5.41) is 26.4. The third kappa shape index (κ3) is 13.1. The number of fused-ring (bicyclic) bond motifs is 1. The summed E-state index contributed by atoms with van der Waals surface area (Å²) < 4.78 is 62.6. The number of aliphatic hydroxyl groups is 2. The fraction of sp³-hybridized carbons (Fsp3) is 0.618. The SMILES string of the molecule is C#CCOCCOCCOCCOCCOc1ccc(N2CCN(c3nc(C)nc4c3cnn4C[C@@H]3O[C@H](COP(=O)(O)CP(=O)(O)O)[C@@H](O)[C@H]3O)CC2)cc1. The van der Waals surface area contributed by atoms with Gasteiger partial charge in [-0.1, -0.05) is 5.92 Å². The molecular formula is C34H50N6O14P2. The second-order valence-corrected chi connectivity index (χ2v) is 17.0. The molecule has 0 radical (unpaired) electrons. The molecule has 1 aromatic carbocycles. The van der Waals surface area contributed by atoms with Gasteiger partial charge in [0.25, 0.3) is 0 Å². The maximum absolute atomic E-state index is 12.1. The first-order chi connectivity index (χ1) is 26.8. The minimum absolute atomic E-state index is 0.0220. The highest BCUT2D eigenvalue weighted by Gasteiger charge is 2.44. The van der Waals surface area contributed by atoms with Gasteiger partial charge in [-0.3, -0.25) is 9.13 Å². The quantitative estimate of drug-likeness (QED) is 0.0492. The van der Waals surface area contributed by atoms with E-state index in [9.17, 15) is 24.2 Å². The van der Waals surface area contributed by atoms with Crippen LogP contribution < -0.4 is 14.5 Å². The van der Waals surface area contributed by atoms with Crippen LogP contribution >= 0.6 is 15.2 Å². The summed E-state index contributed by atoms with van der Waals surface area (Å²) in [7, 11) is -9.52. The molecule has 5 N–H and O–H groups in total. The molecule has 5 atom stereocenters. The standard InChI is InChI=1S/C34H50N6O14P2/c1-3-12-48-13-14-49-15-16-50-17-18-51-19-20-52-27-6-4-26(5-7-27)38-8-10-39(11-9-38)33-28-21-35-40(34(28)37-25(2)36-33)22-29-31(41)32(42)30(54-29)23-53-56(46,47)24-55(43,44)45/h1,4-7,21,29-32,41-42H,8-20,22-24H2,2H3,(H,46,47)(H2,43,44,45)/t29-,30+,31-,32+/m0/s1. The van der Waals surface area contributed by atoms with Crippen molar-refractivity contribution in [2.24, 2.45) is 0 Å². The first kappa shape index (κ1) is 43.9. The number of benzene rings is 1. The van der Waals surface area contributed by atoms with Gasteiger partial charge in [0.15, 0.2) is 11.6 Å². The summed E-state index contributed by atoms with van der Waals surface area (Å²) in [5.41, 5.74) is 1.56. The topological polar surface area (TPSA) is 250 Å². The maximum atomic E-state index is 12.1. The van der Waals surface area contributed by atoms with Crippen LogP contribution in [0.25, 0.3) is 11.0 Å². The Balaban J connectivity index is 1.04. The molecule has 2 aliphatic rings. The summed E-state index contributed by atoms with van der Waals surface area (Å²) in [6, 6.07) is 7.92. The molecule has 0 amide bonds. The van der Waals surface area contributed by atoms with E-state index < -0.39 is 52.1 Å². The molecular weight excluding hydrogens is 778 g/mol. The van der Waals surface area contributed by atoms with E-state index >= 15 is 0 Å². The Morgan fingerprint density at radius 3 is 2.05 bits per heavy atom. The van der Waals surface area contributed by atoms with Crippen molar-refractivity contribution in [2.45, 2.75) is 37.9 Å². The highest BCUT2D eigenvalue weighted by Crippen LogP contribution is 2.55. The van der Waals surface area contributed by atoms with Gasteiger partial charge in [0.1, 0.15) is 55.0 Å². The Morgan fingerprint density at radius 1 is 0.839 bits per heavy atom. The van der Waals surface area contributed by atoms with Crippen LogP contribution in [-0.2, 0) is 43.9 Å². The predicted octanol–water partition coefficient (Wildman–Crippen LogP) is 0.366. The molecule has 56 heavy (non-hydrogen) atoms. The van der Waals surface area contributed by atoms with E-state index in [0.717, 1.165) is 24.5 Å². The van der Waals surface area contributed by atoms with Crippen LogP contribution in [0.4, 0.5) is 11.5 Å². The number of rotatable bonds is 23. The molecule has 20 nitrogen and oxygen atoms in total. The van der Waals surface area contributed by atoms with Crippen molar-refractivity contribution >= 4 is 37.7 Å². The van der Waals surface area contributed by atoms with Gasteiger partial charge in [0.2, 0.25) is 0 Å². The second kappa shape index (κ2) is 21.0. The molecule has 0 spiro atoms. The average molecular weight is 829 g/mol. The third-order valence-electron chi connectivity index (χ3n) is 8.78. The molecule has 310 valence electrons. The van der Waals surface area contributed by atoms with Crippen LogP contribution in [0.1, 0.15) is 5.82 Å². The highest BCUT2D eigenvalue weighted by molar-refractivity contribution is 7.70. The van der Waals surface area contributed by atoms with E-state index in [-0.39, 0.29) is 13.2 Å². The summed E-state index contributed by atoms with van der Waals surface area (Å²) in [6.45, 7) is 7.83. The van der Waals surface area contributed by atoms with Gasteiger partial charge in [0, 0.05) is 31.9 Å². The Hall–Kier alpha value is -3.25. The molecule has 22 heteroatoms. The lowest BCUT2D eigenvalue weighted by Crippen LogP contribution is -2.47. The number of hydrogen-bond donors (Lipinski definition) is 5. The van der Waals surface area contributed by atoms with Gasteiger partial charge in [-0.05, 0) is 31.2 Å². The lowest BCUT2D eigenvalue weighted by atomic mass is 10.1. The molecule has 2 aliphatic heterocycles. The maximum Gasteiger partial charge on any atom is 0.340 e. The zero-order valence-corrected chi connectivity index (χ0v) is 32.9. The Labute approximate surface area is 324 Å². The lowest BCUT2D eigenvalue weighted by molar-refractivity contribution is -0.0234. The van der Waals surface area contributed by atoms with E-state index in [4.69, 9.17) is 54.1 Å². The average Bonchev–Trinajstić information content (AvgIpc) is 3.68. The number of aromatic nitrogens is 4. The smallest absolute Gasteiger partial charge is 0.340 e. The van der Waals surface area contributed by atoms with Gasteiger partial charge in [-0.2, -0.15) is 5.10 Å². The highest BCUT2D eigenvalue weighted by atomic mass is 31.2. The number of terminal acetylenes is 1. The number of hydrogen-bond acceptors (Lipinski definition) is 16. The number of nitrogens with zero attached hydrogens (tertiary/aromatic N) is 6. The molecule has 2 fully saturated rings. The van der Waals surface area contributed by atoms with Gasteiger partial charge < -0.3 is 67.6 Å². The first-order valence-corrected chi connectivity index (χ1v) is 21.6. The van der Waals surface area contributed by atoms with E-state index in [1.165, 1.54) is 4.68 Å². The number of piperazine rings is 1. The minimum Gasteiger partial charge on any atom is -0.491 e. The minimum atomic E-state index is -4.84. The van der Waals surface area contributed by atoms with Crippen LogP contribution in [0.3, 0.4) is 0 Å². The van der Waals surface area contributed by atoms with Gasteiger partial charge in [0.05, 0.1) is 71.0 Å². The third-order valence-corrected chi connectivity index (χ3v) is 12.2. The fourth-order valence-electron chi connectivity index (χ4n) is 6.11. The zero-order chi connectivity index (χ0) is 40.1. The molecule has 0 saturated carbocycles. The lowest BCUT2D eigenvalue weighted by Gasteiger charge is -2.37. The Bertz CT molecular complexity index is 1820. The van der Waals surface area contributed by atoms with Crippen molar-refractivity contribution in [3.63, 3.8) is 0 Å². The van der Waals surface area contributed by atoms with Crippen LogP contribution in [0.15, 0.2) is 30.5 Å². The summed E-state index contributed by atoms with van der Waals surface area (Å²) >= 11 is 0. The summed E-state index contributed by atoms with van der Waals surface area (Å²) in [4.78, 5) is 41.5. The summed E-state index contributed by atoms with van der Waals surface area (Å²) in [5.74, 6) is 2.98. The number of aliphatic hydroxyl groups excluding tert-OH is 2. The largest absolute Gasteiger partial charge is 0.491 e. The van der Waals surface area contributed by atoms with Crippen LogP contribution in [0.5, 0.6) is 5.75 Å². The molecule has 1 unspecified atom stereocenters. The van der Waals surface area contributed by atoms with E-state index in [1.54, 1.807) is 13.1 Å². The van der Waals surface area contributed by atoms with Crippen molar-refractivity contribution in [1.29, 1.82) is 0 Å². The second-order valence-electron chi connectivity index (χ2n) is 13.0. The van der Waals surface area contributed by atoms with Crippen molar-refractivity contribution in [1.82, 2.24) is 19.7 Å². The molecule has 0 aliphatic carbocycles. The van der Waals surface area contributed by atoms with Crippen LogP contribution in [-0.4, -0.2) is 167 Å². The van der Waals surface area contributed by atoms with Crippen molar-refractivity contribution < 1.29 is 67.0 Å². The normalized spacial score (nSPS) is 21.4. The zero-order valence-electron chi connectivity index (χ0n) is 31.1. The van der Waals surface area contributed by atoms with Crippen molar-refractivity contribution in [2.75, 3.05) is 108 Å². The van der Waals surface area contributed by atoms with E-state index in [2.05, 4.69) is 25.8 Å². The molecule has 3 aromatic rings. The van der Waals surface area contributed by atoms with Crippen LogP contribution in [0, 0.1) is 19.3 Å². The molecule has 4 heterocycles. The Kier molecular flexibility index (Phi) is 16.4. The van der Waals surface area contributed by atoms with Gasteiger partial charge >= 0.3 is 15.2 Å². The first-order valence-electron chi connectivity index (χ1n) is 18.0. The molecule has 5 rings (SSSR count). The molecule has 0 bridgehead atoms. The van der Waals surface area contributed by atoms with E-state index in [1.807, 2.05) is 24.3 Å². The Morgan fingerprint density at radius 2 is 1.43 bits per heavy atom. The van der Waals surface area contributed by atoms with Crippen LogP contribution in [0.2, 0.25) is 0 Å². The van der Waals surface area contributed by atoms with Crippen molar-refractivity contribution in [3.05, 3.63) is 36.3 Å². The molecule has 2 aromatic heterocycles. The number of anilines is 2. The van der Waals surface area contributed by atoms with E-state index in [0.29, 0.717) is 88.6 Å². The monoisotopic (exact) mass is 828 g/mol. The van der Waals surface area contributed by atoms with Gasteiger partial charge in [-0.25, -0.2) is 14.6 Å². The fourth-order valence-corrected chi connectivity index (χ4v) is 8.68. The van der Waals surface area contributed by atoms with Crippen molar-refractivity contribution in [3.8, 4) is 18.1 Å². The number of ether oxygens (including phenoxy) is 6. The van der Waals surface area contributed by atoms with Gasteiger partial charge in [-0.15, -0.1) is 6.42 Å².